The first-order valence-corrected chi connectivity index (χ1v) is 11.7. The molecule has 2 rings (SSSR count). The van der Waals surface area contributed by atoms with Gasteiger partial charge in [0, 0.05) is 5.56 Å². The lowest BCUT2D eigenvalue weighted by molar-refractivity contribution is -0.980. The summed E-state index contributed by atoms with van der Waals surface area (Å²) in [5.74, 6) is 0.905. The summed E-state index contributed by atoms with van der Waals surface area (Å²) in [6.07, 6.45) is 4.94. The highest BCUT2D eigenvalue weighted by atomic mass is 16.5. The van der Waals surface area contributed by atoms with E-state index in [9.17, 15) is 0 Å². The van der Waals surface area contributed by atoms with Gasteiger partial charge in [0.05, 0.1) is 26.3 Å². The summed E-state index contributed by atoms with van der Waals surface area (Å²) in [7, 11) is 0. The Morgan fingerprint density at radius 1 is 0.700 bits per heavy atom. The highest BCUT2D eigenvalue weighted by molar-refractivity contribution is 5.21. The number of quaternary nitrogens is 1. The number of nitrogens with zero attached hydrogens (tertiary/aromatic N) is 1. The maximum Gasteiger partial charge on any atom is 0.119 e. The summed E-state index contributed by atoms with van der Waals surface area (Å²) < 4.78 is 12.9. The molecule has 0 aliphatic heterocycles. The van der Waals surface area contributed by atoms with Crippen LogP contribution in [0.4, 0.5) is 0 Å². The zero-order chi connectivity index (χ0) is 21.7. The molecule has 0 N–H and O–H groups in total. The lowest BCUT2D eigenvalue weighted by Crippen LogP contribution is -2.62. The highest BCUT2D eigenvalue weighted by Gasteiger charge is 2.43. The minimum absolute atomic E-state index is 0.0511. The van der Waals surface area contributed by atoms with Crippen LogP contribution in [0.3, 0.4) is 0 Å². The van der Waals surface area contributed by atoms with Crippen LogP contribution >= 0.6 is 0 Å². The lowest BCUT2D eigenvalue weighted by Gasteiger charge is -2.51. The average molecular weight is 413 g/mol. The smallest absolute Gasteiger partial charge is 0.119 e. The number of hydrogen-bond acceptors (Lipinski definition) is 2. The standard InChI is InChI=1S/C27H42NO2/c1-5-7-19-28(20-8-6-2,27(3,4)25-15-11-9-12-16-25)21-22-29-23-24-30-26-17-13-10-14-18-26/h9-18H,5-8,19-24H2,1-4H3/q+1. The Morgan fingerprint density at radius 3 is 1.83 bits per heavy atom. The van der Waals surface area contributed by atoms with Gasteiger partial charge in [0.15, 0.2) is 0 Å². The van der Waals surface area contributed by atoms with Crippen molar-refractivity contribution in [3.63, 3.8) is 0 Å². The molecule has 0 aromatic heterocycles. The minimum atomic E-state index is 0.0511. The third kappa shape index (κ3) is 6.85. The number of para-hydroxylation sites is 1. The summed E-state index contributed by atoms with van der Waals surface area (Å²) in [6, 6.07) is 21.0. The fourth-order valence-electron chi connectivity index (χ4n) is 4.29. The second-order valence-electron chi connectivity index (χ2n) is 8.72. The molecule has 166 valence electrons. The Labute approximate surface area is 184 Å². The molecule has 0 atom stereocenters. The third-order valence-corrected chi connectivity index (χ3v) is 6.45. The summed E-state index contributed by atoms with van der Waals surface area (Å²) in [4.78, 5) is 0. The molecule has 3 nitrogen and oxygen atoms in total. The first-order chi connectivity index (χ1) is 14.6. The molecule has 0 unspecified atom stereocenters. The topological polar surface area (TPSA) is 18.5 Å². The molecular weight excluding hydrogens is 370 g/mol. The quantitative estimate of drug-likeness (QED) is 0.248. The van der Waals surface area contributed by atoms with Gasteiger partial charge in [0.25, 0.3) is 0 Å². The van der Waals surface area contributed by atoms with E-state index in [1.165, 1.54) is 44.3 Å². The van der Waals surface area contributed by atoms with Crippen LogP contribution in [0, 0.1) is 0 Å². The van der Waals surface area contributed by atoms with Crippen LogP contribution in [0.1, 0.15) is 58.9 Å². The van der Waals surface area contributed by atoms with E-state index >= 15 is 0 Å². The van der Waals surface area contributed by atoms with E-state index in [2.05, 4.69) is 58.0 Å². The Bertz CT molecular complexity index is 677. The van der Waals surface area contributed by atoms with Crippen LogP contribution in [-0.4, -0.2) is 43.9 Å². The largest absolute Gasteiger partial charge is 0.491 e. The molecule has 0 radical (unpaired) electrons. The molecule has 3 heteroatoms. The molecule has 0 bridgehead atoms. The summed E-state index contributed by atoms with van der Waals surface area (Å²) >= 11 is 0. The number of benzene rings is 2. The molecule has 0 heterocycles. The lowest BCUT2D eigenvalue weighted by atomic mass is 9.88. The maximum atomic E-state index is 6.06. The van der Waals surface area contributed by atoms with E-state index in [0.29, 0.717) is 13.2 Å². The van der Waals surface area contributed by atoms with Gasteiger partial charge < -0.3 is 14.0 Å². The fourth-order valence-corrected chi connectivity index (χ4v) is 4.29. The summed E-state index contributed by atoms with van der Waals surface area (Å²) in [5, 5.41) is 0. The van der Waals surface area contributed by atoms with Crippen LogP contribution in [0.25, 0.3) is 0 Å². The predicted octanol–water partition coefficient (Wildman–Crippen LogP) is 6.43. The van der Waals surface area contributed by atoms with Gasteiger partial charge in [0.2, 0.25) is 0 Å². The molecule has 0 saturated carbocycles. The van der Waals surface area contributed by atoms with Crippen molar-refractivity contribution in [3.8, 4) is 5.75 Å². The van der Waals surface area contributed by atoms with Crippen molar-refractivity contribution in [3.05, 3.63) is 66.2 Å². The van der Waals surface area contributed by atoms with Crippen molar-refractivity contribution in [1.29, 1.82) is 0 Å². The summed E-state index contributed by atoms with van der Waals surface area (Å²) in [5.41, 5.74) is 1.47. The van der Waals surface area contributed by atoms with Gasteiger partial charge in [-0.25, -0.2) is 0 Å². The van der Waals surface area contributed by atoms with Crippen molar-refractivity contribution in [2.24, 2.45) is 0 Å². The van der Waals surface area contributed by atoms with E-state index in [1.807, 2.05) is 30.3 Å². The first-order valence-electron chi connectivity index (χ1n) is 11.7. The van der Waals surface area contributed by atoms with E-state index < -0.39 is 0 Å². The first kappa shape index (κ1) is 24.4. The monoisotopic (exact) mass is 412 g/mol. The second kappa shape index (κ2) is 12.8. The van der Waals surface area contributed by atoms with Crippen LogP contribution in [0.2, 0.25) is 0 Å². The van der Waals surface area contributed by atoms with Gasteiger partial charge in [-0.2, -0.15) is 0 Å². The summed E-state index contributed by atoms with van der Waals surface area (Å²) in [6.45, 7) is 14.8. The van der Waals surface area contributed by atoms with E-state index in [0.717, 1.165) is 23.4 Å². The van der Waals surface area contributed by atoms with Crippen molar-refractivity contribution in [2.45, 2.75) is 58.9 Å². The molecule has 0 saturated heterocycles. The van der Waals surface area contributed by atoms with Gasteiger partial charge in [-0.1, -0.05) is 75.2 Å². The van der Waals surface area contributed by atoms with Crippen molar-refractivity contribution < 1.29 is 14.0 Å². The number of ether oxygens (including phenoxy) is 2. The zero-order valence-electron chi connectivity index (χ0n) is 19.6. The predicted molar refractivity (Wildman–Crippen MR) is 127 cm³/mol. The van der Waals surface area contributed by atoms with Gasteiger partial charge in [0.1, 0.15) is 24.4 Å². The Hall–Kier alpha value is -1.84. The van der Waals surface area contributed by atoms with Gasteiger partial charge in [-0.3, -0.25) is 0 Å². The molecule has 0 amide bonds. The van der Waals surface area contributed by atoms with E-state index in [-0.39, 0.29) is 5.54 Å². The maximum absolute atomic E-state index is 6.06. The molecule has 2 aromatic rings. The van der Waals surface area contributed by atoms with E-state index in [1.54, 1.807) is 0 Å². The molecule has 0 aliphatic carbocycles. The van der Waals surface area contributed by atoms with Gasteiger partial charge >= 0.3 is 0 Å². The van der Waals surface area contributed by atoms with Crippen molar-refractivity contribution in [2.75, 3.05) is 39.5 Å². The van der Waals surface area contributed by atoms with Gasteiger partial charge in [-0.05, 0) is 38.8 Å². The number of rotatable bonds is 15. The Balaban J connectivity index is 2.02. The van der Waals surface area contributed by atoms with Crippen LogP contribution in [0.5, 0.6) is 5.75 Å². The molecule has 30 heavy (non-hydrogen) atoms. The van der Waals surface area contributed by atoms with Gasteiger partial charge in [-0.15, -0.1) is 0 Å². The Kier molecular flexibility index (Phi) is 10.4. The van der Waals surface area contributed by atoms with Crippen molar-refractivity contribution in [1.82, 2.24) is 0 Å². The molecule has 0 fully saturated rings. The number of hydrogen-bond donors (Lipinski definition) is 0. The second-order valence-corrected chi connectivity index (χ2v) is 8.72. The highest BCUT2D eigenvalue weighted by Crippen LogP contribution is 2.36. The van der Waals surface area contributed by atoms with Crippen molar-refractivity contribution >= 4 is 0 Å². The van der Waals surface area contributed by atoms with Crippen LogP contribution < -0.4 is 4.74 Å². The van der Waals surface area contributed by atoms with Crippen LogP contribution in [-0.2, 0) is 10.3 Å². The minimum Gasteiger partial charge on any atom is -0.491 e. The van der Waals surface area contributed by atoms with E-state index in [4.69, 9.17) is 9.47 Å². The molecule has 2 aromatic carbocycles. The molecule has 0 spiro atoms. The fraction of sp³-hybridized carbons (Fsp3) is 0.556. The normalized spacial score (nSPS) is 12.1. The van der Waals surface area contributed by atoms with Crippen LogP contribution in [0.15, 0.2) is 60.7 Å². The SMILES string of the molecule is CCCC[N+](CCCC)(CCOCCOc1ccccc1)C(C)(C)c1ccccc1. The molecular formula is C27H42NO2+. The number of unbranched alkanes of at least 4 members (excludes halogenated alkanes) is 2. The zero-order valence-corrected chi connectivity index (χ0v) is 19.6. The molecule has 0 aliphatic rings. The third-order valence-electron chi connectivity index (χ3n) is 6.45. The Morgan fingerprint density at radius 2 is 1.27 bits per heavy atom. The average Bonchev–Trinajstić information content (AvgIpc) is 2.78.